The third-order valence-electron chi connectivity index (χ3n) is 3.13. The average Bonchev–Trinajstić information content (AvgIpc) is 2.37. The molecule has 0 aromatic rings. The molecule has 5 heteroatoms. The molecule has 0 bridgehead atoms. The molecule has 1 fully saturated rings. The van der Waals surface area contributed by atoms with Crippen molar-refractivity contribution >= 4 is 0 Å². The van der Waals surface area contributed by atoms with E-state index >= 15 is 0 Å². The summed E-state index contributed by atoms with van der Waals surface area (Å²) in [5, 5.41) is 0. The molecule has 0 atom stereocenters. The highest BCUT2D eigenvalue weighted by Crippen LogP contribution is 2.01. The predicted molar refractivity (Wildman–Crippen MR) is 69.2 cm³/mol. The van der Waals surface area contributed by atoms with Gasteiger partial charge in [0.2, 0.25) is 0 Å². The molecule has 17 heavy (non-hydrogen) atoms. The van der Waals surface area contributed by atoms with Crippen LogP contribution in [0, 0.1) is 0 Å². The van der Waals surface area contributed by atoms with Crippen molar-refractivity contribution < 1.29 is 9.47 Å². The maximum absolute atomic E-state index is 5.51. The van der Waals surface area contributed by atoms with E-state index < -0.39 is 0 Å². The highest BCUT2D eigenvalue weighted by molar-refractivity contribution is 4.71. The molecule has 0 aromatic heterocycles. The van der Waals surface area contributed by atoms with E-state index in [1.165, 1.54) is 0 Å². The van der Waals surface area contributed by atoms with E-state index in [0.29, 0.717) is 13.2 Å². The molecule has 0 radical (unpaired) electrons. The summed E-state index contributed by atoms with van der Waals surface area (Å²) >= 11 is 0. The fourth-order valence-electron chi connectivity index (χ4n) is 1.99. The molecular weight excluding hydrogens is 218 g/mol. The number of hydrogen-bond donors (Lipinski definition) is 1. The van der Waals surface area contributed by atoms with Crippen LogP contribution in [0.25, 0.3) is 0 Å². The van der Waals surface area contributed by atoms with Crippen molar-refractivity contribution in [3.63, 3.8) is 0 Å². The van der Waals surface area contributed by atoms with E-state index in [1.54, 1.807) is 7.11 Å². The van der Waals surface area contributed by atoms with E-state index in [2.05, 4.69) is 9.80 Å². The number of ether oxygens (including phenoxy) is 2. The molecule has 0 aliphatic carbocycles. The first-order valence-electron chi connectivity index (χ1n) is 6.58. The van der Waals surface area contributed by atoms with E-state index in [0.717, 1.165) is 58.8 Å². The second kappa shape index (κ2) is 9.79. The molecule has 2 N–H and O–H groups in total. The molecule has 1 heterocycles. The number of hydrogen-bond acceptors (Lipinski definition) is 5. The molecule has 1 rings (SSSR count). The Morgan fingerprint density at radius 1 is 0.941 bits per heavy atom. The molecule has 102 valence electrons. The third-order valence-corrected chi connectivity index (χ3v) is 3.13. The van der Waals surface area contributed by atoms with Crippen LogP contribution in [0.2, 0.25) is 0 Å². The maximum Gasteiger partial charge on any atom is 0.0700 e. The zero-order valence-corrected chi connectivity index (χ0v) is 11.1. The Morgan fingerprint density at radius 2 is 1.59 bits per heavy atom. The van der Waals surface area contributed by atoms with Gasteiger partial charge in [-0.2, -0.15) is 0 Å². The fourth-order valence-corrected chi connectivity index (χ4v) is 1.99. The third kappa shape index (κ3) is 6.95. The predicted octanol–water partition coefficient (Wildman–Crippen LogP) is -0.384. The topological polar surface area (TPSA) is 51.0 Å². The molecule has 5 nitrogen and oxygen atoms in total. The van der Waals surface area contributed by atoms with Crippen molar-refractivity contribution in [2.45, 2.75) is 6.42 Å². The minimum absolute atomic E-state index is 0.687. The molecular formula is C12H27N3O2. The minimum atomic E-state index is 0.687. The number of nitrogens with two attached hydrogens (primary N) is 1. The zero-order chi connectivity index (χ0) is 12.3. The van der Waals surface area contributed by atoms with Gasteiger partial charge in [-0.05, 0) is 19.5 Å². The Hall–Kier alpha value is -0.200. The largest absolute Gasteiger partial charge is 0.382 e. The molecule has 0 saturated carbocycles. The number of nitrogens with zero attached hydrogens (tertiary/aromatic N) is 2. The number of methoxy groups -OCH3 is 1. The monoisotopic (exact) mass is 245 g/mol. The van der Waals surface area contributed by atoms with E-state index in [1.807, 2.05) is 0 Å². The number of rotatable bonds is 9. The van der Waals surface area contributed by atoms with Gasteiger partial charge in [-0.3, -0.25) is 4.90 Å². The summed E-state index contributed by atoms with van der Waals surface area (Å²) < 4.78 is 10.4. The molecule has 0 unspecified atom stereocenters. The molecule has 1 saturated heterocycles. The molecule has 1 aliphatic heterocycles. The van der Waals surface area contributed by atoms with Crippen LogP contribution in [0.4, 0.5) is 0 Å². The summed E-state index contributed by atoms with van der Waals surface area (Å²) in [6.45, 7) is 9.81. The minimum Gasteiger partial charge on any atom is -0.382 e. The van der Waals surface area contributed by atoms with Gasteiger partial charge >= 0.3 is 0 Å². The lowest BCUT2D eigenvalue weighted by atomic mass is 10.3. The summed E-state index contributed by atoms with van der Waals surface area (Å²) in [5.74, 6) is 0. The lowest BCUT2D eigenvalue weighted by Gasteiger charge is -2.34. The van der Waals surface area contributed by atoms with Gasteiger partial charge in [-0.15, -0.1) is 0 Å². The Labute approximate surface area is 105 Å². The summed E-state index contributed by atoms with van der Waals surface area (Å²) in [7, 11) is 1.70. The Balaban J connectivity index is 1.95. The van der Waals surface area contributed by atoms with Gasteiger partial charge in [0.25, 0.3) is 0 Å². The molecule has 0 amide bonds. The Morgan fingerprint density at radius 3 is 2.18 bits per heavy atom. The number of piperazine rings is 1. The van der Waals surface area contributed by atoms with Crippen molar-refractivity contribution in [1.29, 1.82) is 0 Å². The average molecular weight is 245 g/mol. The van der Waals surface area contributed by atoms with Crippen LogP contribution in [0.1, 0.15) is 6.42 Å². The lowest BCUT2D eigenvalue weighted by Crippen LogP contribution is -2.47. The standard InChI is InChI=1S/C12H27N3O2/c1-16-11-12-17-10-9-15-7-5-14(6-8-15)4-2-3-13/h2-13H2,1H3. The van der Waals surface area contributed by atoms with E-state index in [-0.39, 0.29) is 0 Å². The normalized spacial score (nSPS) is 18.7. The highest BCUT2D eigenvalue weighted by Gasteiger charge is 2.15. The van der Waals surface area contributed by atoms with Crippen LogP contribution < -0.4 is 5.73 Å². The summed E-state index contributed by atoms with van der Waals surface area (Å²) in [6, 6.07) is 0. The molecule has 0 spiro atoms. The highest BCUT2D eigenvalue weighted by atomic mass is 16.5. The smallest absolute Gasteiger partial charge is 0.0700 e. The first-order valence-corrected chi connectivity index (χ1v) is 6.58. The van der Waals surface area contributed by atoms with Crippen molar-refractivity contribution in [2.75, 3.05) is 72.7 Å². The fraction of sp³-hybridized carbons (Fsp3) is 1.00. The summed E-state index contributed by atoms with van der Waals surface area (Å²) in [6.07, 6.45) is 1.11. The second-order valence-electron chi connectivity index (χ2n) is 4.43. The summed E-state index contributed by atoms with van der Waals surface area (Å²) in [4.78, 5) is 4.96. The van der Waals surface area contributed by atoms with Gasteiger partial charge in [0.1, 0.15) is 0 Å². The maximum atomic E-state index is 5.51. The van der Waals surface area contributed by atoms with Gasteiger partial charge in [0.15, 0.2) is 0 Å². The lowest BCUT2D eigenvalue weighted by molar-refractivity contribution is 0.0461. The zero-order valence-electron chi connectivity index (χ0n) is 11.1. The van der Waals surface area contributed by atoms with Crippen molar-refractivity contribution in [3.05, 3.63) is 0 Å². The van der Waals surface area contributed by atoms with Crippen LogP contribution in [0.3, 0.4) is 0 Å². The van der Waals surface area contributed by atoms with Gasteiger partial charge in [-0.25, -0.2) is 0 Å². The van der Waals surface area contributed by atoms with Gasteiger partial charge in [-0.1, -0.05) is 0 Å². The first-order chi connectivity index (χ1) is 8.36. The van der Waals surface area contributed by atoms with E-state index in [9.17, 15) is 0 Å². The first kappa shape index (κ1) is 14.9. The quantitative estimate of drug-likeness (QED) is 0.561. The van der Waals surface area contributed by atoms with Crippen LogP contribution in [0.5, 0.6) is 0 Å². The second-order valence-corrected chi connectivity index (χ2v) is 4.43. The van der Waals surface area contributed by atoms with Crippen LogP contribution in [-0.2, 0) is 9.47 Å². The van der Waals surface area contributed by atoms with Crippen molar-refractivity contribution in [2.24, 2.45) is 5.73 Å². The van der Waals surface area contributed by atoms with Gasteiger partial charge in [0.05, 0.1) is 19.8 Å². The van der Waals surface area contributed by atoms with Crippen LogP contribution in [-0.4, -0.2) is 82.5 Å². The van der Waals surface area contributed by atoms with Crippen LogP contribution in [0.15, 0.2) is 0 Å². The Kier molecular flexibility index (Phi) is 8.56. The molecule has 1 aliphatic rings. The molecule has 0 aromatic carbocycles. The van der Waals surface area contributed by atoms with Crippen molar-refractivity contribution in [3.8, 4) is 0 Å². The Bertz CT molecular complexity index is 170. The SMILES string of the molecule is COCCOCCN1CCN(CCCN)CC1. The summed E-state index contributed by atoms with van der Waals surface area (Å²) in [5.41, 5.74) is 5.51. The van der Waals surface area contributed by atoms with Crippen molar-refractivity contribution in [1.82, 2.24) is 9.80 Å². The van der Waals surface area contributed by atoms with Gasteiger partial charge in [0, 0.05) is 39.8 Å². The van der Waals surface area contributed by atoms with Gasteiger partial charge < -0.3 is 20.1 Å². The van der Waals surface area contributed by atoms with E-state index in [4.69, 9.17) is 15.2 Å². The van der Waals surface area contributed by atoms with Crippen LogP contribution >= 0.6 is 0 Å².